The molecule has 102 valence electrons. The third kappa shape index (κ3) is 3.07. The highest BCUT2D eigenvalue weighted by atomic mass is 35.5. The molecule has 0 aliphatic carbocycles. The van der Waals surface area contributed by atoms with Gasteiger partial charge in [-0.2, -0.15) is 0 Å². The fraction of sp³-hybridized carbons (Fsp3) is 0. The highest BCUT2D eigenvalue weighted by molar-refractivity contribution is 6.35. The van der Waals surface area contributed by atoms with Gasteiger partial charge >= 0.3 is 0 Å². The number of halogens is 2. The van der Waals surface area contributed by atoms with Crippen LogP contribution in [0.15, 0.2) is 36.4 Å². The molecule has 0 saturated heterocycles. The van der Waals surface area contributed by atoms with Gasteiger partial charge in [-0.15, -0.1) is 0 Å². The number of nitro benzene ring substituents is 1. The van der Waals surface area contributed by atoms with E-state index in [1.807, 2.05) is 0 Å². The van der Waals surface area contributed by atoms with Crippen LogP contribution in [0.2, 0.25) is 10.0 Å². The quantitative estimate of drug-likeness (QED) is 0.473. The van der Waals surface area contributed by atoms with Gasteiger partial charge in [-0.05, 0) is 30.3 Å². The second-order valence-electron chi connectivity index (χ2n) is 3.77. The van der Waals surface area contributed by atoms with E-state index in [0.717, 1.165) is 0 Å². The van der Waals surface area contributed by atoms with E-state index in [-0.39, 0.29) is 17.0 Å². The Bertz CT molecular complexity index is 688. The third-order valence-electron chi connectivity index (χ3n) is 2.44. The first-order valence-electron chi connectivity index (χ1n) is 5.38. The highest BCUT2D eigenvalue weighted by Gasteiger charge is 2.14. The van der Waals surface area contributed by atoms with Crippen molar-refractivity contribution in [1.82, 2.24) is 0 Å². The Kier molecular flexibility index (Phi) is 4.22. The molecule has 2 aromatic rings. The maximum Gasteiger partial charge on any atom is 0.280 e. The van der Waals surface area contributed by atoms with Crippen LogP contribution in [0.3, 0.4) is 0 Å². The summed E-state index contributed by atoms with van der Waals surface area (Å²) in [6, 6.07) is 8.51. The molecule has 0 aliphatic rings. The number of nitrogens with zero attached hydrogens (tertiary/aromatic N) is 1. The molecule has 2 aromatic carbocycles. The monoisotopic (exact) mass is 311 g/mol. The van der Waals surface area contributed by atoms with E-state index in [0.29, 0.717) is 22.1 Å². The largest absolute Gasteiger partial charge is 0.456 e. The lowest BCUT2D eigenvalue weighted by atomic mass is 10.2. The SMILES string of the molecule is O=Cc1cc(Oc2ccc(Cl)cc2Cl)ccc1[N+](=O)[O-]. The summed E-state index contributed by atoms with van der Waals surface area (Å²) in [7, 11) is 0. The van der Waals surface area contributed by atoms with Gasteiger partial charge in [-0.3, -0.25) is 14.9 Å². The van der Waals surface area contributed by atoms with Crippen molar-refractivity contribution in [2.75, 3.05) is 0 Å². The molecule has 20 heavy (non-hydrogen) atoms. The Labute approximate surface area is 123 Å². The lowest BCUT2D eigenvalue weighted by molar-refractivity contribution is -0.385. The van der Waals surface area contributed by atoms with E-state index >= 15 is 0 Å². The molecule has 0 unspecified atom stereocenters. The normalized spacial score (nSPS) is 10.1. The number of carbonyl (C=O) groups is 1. The zero-order chi connectivity index (χ0) is 14.7. The number of benzene rings is 2. The Balaban J connectivity index is 2.34. The predicted molar refractivity (Wildman–Crippen MR) is 75.0 cm³/mol. The van der Waals surface area contributed by atoms with Crippen LogP contribution < -0.4 is 4.74 Å². The van der Waals surface area contributed by atoms with Crippen LogP contribution in [-0.4, -0.2) is 11.2 Å². The lowest BCUT2D eigenvalue weighted by Gasteiger charge is -2.08. The summed E-state index contributed by atoms with van der Waals surface area (Å²) in [4.78, 5) is 20.9. The van der Waals surface area contributed by atoms with Crippen LogP contribution in [0.1, 0.15) is 10.4 Å². The van der Waals surface area contributed by atoms with Gasteiger partial charge in [0.2, 0.25) is 0 Å². The standard InChI is InChI=1S/C13H7Cl2NO4/c14-9-1-4-13(11(15)6-9)20-10-2-3-12(16(18)19)8(5-10)7-17/h1-7H. The summed E-state index contributed by atoms with van der Waals surface area (Å²) in [5.41, 5.74) is -0.355. The fourth-order valence-corrected chi connectivity index (χ4v) is 1.99. The maximum atomic E-state index is 10.8. The molecule has 0 aliphatic heterocycles. The number of aldehydes is 1. The van der Waals surface area contributed by atoms with Gasteiger partial charge in [0.05, 0.1) is 15.5 Å². The van der Waals surface area contributed by atoms with Gasteiger partial charge in [0.1, 0.15) is 11.5 Å². The minimum Gasteiger partial charge on any atom is -0.456 e. The summed E-state index contributed by atoms with van der Waals surface area (Å²) in [6.45, 7) is 0. The molecule has 0 spiro atoms. The van der Waals surface area contributed by atoms with Gasteiger partial charge in [0.15, 0.2) is 6.29 Å². The fourth-order valence-electron chi connectivity index (χ4n) is 1.54. The van der Waals surface area contributed by atoms with Crippen molar-refractivity contribution in [3.05, 3.63) is 62.1 Å². The number of nitro groups is 1. The van der Waals surface area contributed by atoms with E-state index in [4.69, 9.17) is 27.9 Å². The molecule has 7 heteroatoms. The second-order valence-corrected chi connectivity index (χ2v) is 4.62. The minimum atomic E-state index is -0.636. The summed E-state index contributed by atoms with van der Waals surface area (Å²) in [6.07, 6.45) is 0.397. The number of hydrogen-bond donors (Lipinski definition) is 0. The summed E-state index contributed by atoms with van der Waals surface area (Å²) < 4.78 is 5.47. The van der Waals surface area contributed by atoms with E-state index < -0.39 is 4.92 Å². The number of ether oxygens (including phenoxy) is 1. The van der Waals surface area contributed by atoms with Gasteiger partial charge < -0.3 is 4.74 Å². The number of hydrogen-bond acceptors (Lipinski definition) is 4. The van der Waals surface area contributed by atoms with Crippen LogP contribution in [0.4, 0.5) is 5.69 Å². The first-order chi connectivity index (χ1) is 9.51. The van der Waals surface area contributed by atoms with Gasteiger partial charge in [0.25, 0.3) is 5.69 Å². The third-order valence-corrected chi connectivity index (χ3v) is 2.97. The molecule has 0 N–H and O–H groups in total. The van der Waals surface area contributed by atoms with E-state index in [9.17, 15) is 14.9 Å². The van der Waals surface area contributed by atoms with Crippen LogP contribution in [-0.2, 0) is 0 Å². The van der Waals surface area contributed by atoms with E-state index in [1.165, 1.54) is 24.3 Å². The molecular formula is C13H7Cl2NO4. The van der Waals surface area contributed by atoms with Crippen molar-refractivity contribution >= 4 is 35.2 Å². The van der Waals surface area contributed by atoms with Crippen molar-refractivity contribution in [1.29, 1.82) is 0 Å². The molecule has 0 aromatic heterocycles. The van der Waals surface area contributed by atoms with Crippen LogP contribution in [0, 0.1) is 10.1 Å². The Morgan fingerprint density at radius 3 is 2.50 bits per heavy atom. The Morgan fingerprint density at radius 1 is 1.15 bits per heavy atom. The minimum absolute atomic E-state index is 0.0717. The summed E-state index contributed by atoms with van der Waals surface area (Å²) >= 11 is 11.7. The van der Waals surface area contributed by atoms with Crippen molar-refractivity contribution in [2.24, 2.45) is 0 Å². The molecule has 0 radical (unpaired) electrons. The Morgan fingerprint density at radius 2 is 1.90 bits per heavy atom. The van der Waals surface area contributed by atoms with Gasteiger partial charge in [0, 0.05) is 11.1 Å². The average molecular weight is 312 g/mol. The zero-order valence-electron chi connectivity index (χ0n) is 9.88. The number of carbonyl (C=O) groups excluding carboxylic acids is 1. The first kappa shape index (κ1) is 14.3. The molecule has 0 bridgehead atoms. The molecule has 0 fully saturated rings. The highest BCUT2D eigenvalue weighted by Crippen LogP contribution is 2.33. The summed E-state index contributed by atoms with van der Waals surface area (Å²) in [5.74, 6) is 0.601. The van der Waals surface area contributed by atoms with Gasteiger partial charge in [-0.25, -0.2) is 0 Å². The average Bonchev–Trinajstić information content (AvgIpc) is 2.41. The first-order valence-corrected chi connectivity index (χ1v) is 6.13. The molecule has 0 saturated carbocycles. The molecule has 5 nitrogen and oxygen atoms in total. The van der Waals surface area contributed by atoms with E-state index in [2.05, 4.69) is 0 Å². The van der Waals surface area contributed by atoms with Crippen molar-refractivity contribution in [2.45, 2.75) is 0 Å². The van der Waals surface area contributed by atoms with Crippen LogP contribution in [0.25, 0.3) is 0 Å². The molecule has 2 rings (SSSR count). The predicted octanol–water partition coefficient (Wildman–Crippen LogP) is 4.51. The Hall–Kier alpha value is -2.11. The van der Waals surface area contributed by atoms with Crippen molar-refractivity contribution in [3.63, 3.8) is 0 Å². The zero-order valence-corrected chi connectivity index (χ0v) is 11.4. The van der Waals surface area contributed by atoms with Crippen molar-refractivity contribution < 1.29 is 14.5 Å². The van der Waals surface area contributed by atoms with Crippen LogP contribution in [0.5, 0.6) is 11.5 Å². The van der Waals surface area contributed by atoms with Gasteiger partial charge in [-0.1, -0.05) is 23.2 Å². The lowest BCUT2D eigenvalue weighted by Crippen LogP contribution is -1.95. The number of rotatable bonds is 4. The molecule has 0 amide bonds. The smallest absolute Gasteiger partial charge is 0.280 e. The van der Waals surface area contributed by atoms with E-state index in [1.54, 1.807) is 12.1 Å². The van der Waals surface area contributed by atoms with Crippen molar-refractivity contribution in [3.8, 4) is 11.5 Å². The molecule has 0 heterocycles. The second kappa shape index (κ2) is 5.90. The van der Waals surface area contributed by atoms with Crippen LogP contribution >= 0.6 is 23.2 Å². The summed E-state index contributed by atoms with van der Waals surface area (Å²) in [5, 5.41) is 11.5. The topological polar surface area (TPSA) is 69.4 Å². The molecule has 0 atom stereocenters. The molecular weight excluding hydrogens is 305 g/mol. The maximum absolute atomic E-state index is 10.8.